The van der Waals surface area contributed by atoms with Gasteiger partial charge in [-0.2, -0.15) is 18.3 Å². The Labute approximate surface area is 278 Å². The number of nitrogens with zero attached hydrogens (tertiary/aromatic N) is 3. The number of hydrogen-bond acceptors (Lipinski definition) is 8. The van der Waals surface area contributed by atoms with Gasteiger partial charge in [0.1, 0.15) is 34.6 Å². The zero-order valence-electron chi connectivity index (χ0n) is 26.2. The summed E-state index contributed by atoms with van der Waals surface area (Å²) in [5.74, 6) is 1.06. The van der Waals surface area contributed by atoms with E-state index in [4.69, 9.17) is 14.2 Å². The number of aryl methyl sites for hydroxylation is 1. The lowest BCUT2D eigenvalue weighted by Crippen LogP contribution is -2.35. The van der Waals surface area contributed by atoms with E-state index in [1.165, 1.54) is 48.5 Å². The molecule has 0 saturated carbocycles. The molecule has 1 aliphatic rings. The van der Waals surface area contributed by atoms with Crippen LogP contribution in [0.2, 0.25) is 0 Å². The molecule has 0 aliphatic carbocycles. The highest BCUT2D eigenvalue weighted by atomic mass is 19.4. The third-order valence-electron chi connectivity index (χ3n) is 7.70. The molecule has 2 heterocycles. The summed E-state index contributed by atoms with van der Waals surface area (Å²) < 4.78 is 60.2. The molecule has 6 rings (SSSR count). The molecule has 4 aromatic carbocycles. The predicted molar refractivity (Wildman–Crippen MR) is 175 cm³/mol. The largest absolute Gasteiger partial charge is 0.494 e. The molecule has 1 amide bonds. The van der Waals surface area contributed by atoms with Crippen molar-refractivity contribution in [1.29, 1.82) is 0 Å². The SMILES string of the molecule is CCOc1ccc(Oc2cc(Oc3ccc(NC(=O)c4cc5n(n4)[C@@H](C(F)(F)F)C[C@H](c4ccc(C)cc4)N5)cc3)cc([N+](=O)[O-])c2)cc1. The lowest BCUT2D eigenvalue weighted by Gasteiger charge is -2.33. The number of alkyl halides is 3. The van der Waals surface area contributed by atoms with E-state index in [1.54, 1.807) is 36.4 Å². The maximum Gasteiger partial charge on any atom is 0.410 e. The number of benzene rings is 4. The summed E-state index contributed by atoms with van der Waals surface area (Å²) >= 11 is 0. The molecule has 0 saturated heterocycles. The molecular formula is C35H30F3N5O6. The molecule has 49 heavy (non-hydrogen) atoms. The first-order chi connectivity index (χ1) is 23.4. The molecule has 1 aromatic heterocycles. The number of rotatable bonds is 10. The average Bonchev–Trinajstić information content (AvgIpc) is 3.51. The number of nitro benzene ring substituents is 1. The highest BCUT2D eigenvalue weighted by molar-refractivity contribution is 6.03. The van der Waals surface area contributed by atoms with Crippen molar-refractivity contribution in [2.75, 3.05) is 17.2 Å². The highest BCUT2D eigenvalue weighted by Crippen LogP contribution is 2.44. The molecule has 5 aromatic rings. The summed E-state index contributed by atoms with van der Waals surface area (Å²) in [7, 11) is 0. The average molecular weight is 674 g/mol. The van der Waals surface area contributed by atoms with E-state index in [2.05, 4.69) is 15.7 Å². The summed E-state index contributed by atoms with van der Waals surface area (Å²) in [5.41, 5.74) is 1.55. The first kappa shape index (κ1) is 32.9. The minimum absolute atomic E-state index is 0.0795. The number of aromatic nitrogens is 2. The van der Waals surface area contributed by atoms with E-state index in [0.717, 1.165) is 10.2 Å². The van der Waals surface area contributed by atoms with Crippen molar-refractivity contribution in [2.45, 2.75) is 38.5 Å². The molecule has 14 heteroatoms. The maximum absolute atomic E-state index is 14.1. The van der Waals surface area contributed by atoms with Crippen LogP contribution >= 0.6 is 0 Å². The third kappa shape index (κ3) is 7.75. The van der Waals surface area contributed by atoms with Gasteiger partial charge in [-0.15, -0.1) is 0 Å². The van der Waals surface area contributed by atoms with Gasteiger partial charge in [-0.25, -0.2) is 4.68 Å². The topological polar surface area (TPSA) is 130 Å². The quantitative estimate of drug-likeness (QED) is 0.111. The number of hydrogen-bond donors (Lipinski definition) is 2. The molecule has 11 nitrogen and oxygen atoms in total. The molecule has 0 bridgehead atoms. The fraction of sp³-hybridized carbons (Fsp3) is 0.200. The molecular weight excluding hydrogens is 643 g/mol. The van der Waals surface area contributed by atoms with E-state index in [-0.39, 0.29) is 35.1 Å². The minimum Gasteiger partial charge on any atom is -0.494 e. The van der Waals surface area contributed by atoms with Gasteiger partial charge >= 0.3 is 6.18 Å². The molecule has 0 spiro atoms. The number of fused-ring (bicyclic) bond motifs is 1. The van der Waals surface area contributed by atoms with Crippen molar-refractivity contribution < 1.29 is 37.1 Å². The molecule has 1 aliphatic heterocycles. The van der Waals surface area contributed by atoms with Crippen molar-refractivity contribution in [1.82, 2.24) is 9.78 Å². The van der Waals surface area contributed by atoms with Gasteiger partial charge in [0.25, 0.3) is 11.6 Å². The van der Waals surface area contributed by atoms with Gasteiger partial charge in [-0.3, -0.25) is 14.9 Å². The normalized spacial score (nSPS) is 15.4. The number of amides is 1. The van der Waals surface area contributed by atoms with Crippen LogP contribution in [0.15, 0.2) is 97.1 Å². The molecule has 0 fully saturated rings. The van der Waals surface area contributed by atoms with Crippen molar-refractivity contribution in [2.24, 2.45) is 0 Å². The van der Waals surface area contributed by atoms with Gasteiger partial charge in [-0.05, 0) is 67.9 Å². The lowest BCUT2D eigenvalue weighted by molar-refractivity contribution is -0.385. The van der Waals surface area contributed by atoms with Gasteiger partial charge in [0, 0.05) is 24.2 Å². The predicted octanol–water partition coefficient (Wildman–Crippen LogP) is 9.00. The Morgan fingerprint density at radius 1 is 0.918 bits per heavy atom. The van der Waals surface area contributed by atoms with Gasteiger partial charge in [0.05, 0.1) is 29.7 Å². The smallest absolute Gasteiger partial charge is 0.410 e. The minimum atomic E-state index is -4.59. The Bertz CT molecular complexity index is 1960. The van der Waals surface area contributed by atoms with E-state index in [1.807, 2.05) is 26.0 Å². The van der Waals surface area contributed by atoms with Crippen molar-refractivity contribution in [3.8, 4) is 28.7 Å². The number of ether oxygens (including phenoxy) is 3. The Kier molecular flexibility index (Phi) is 9.12. The molecule has 0 radical (unpaired) electrons. The van der Waals surface area contributed by atoms with E-state index in [0.29, 0.717) is 35.1 Å². The van der Waals surface area contributed by atoms with Gasteiger partial charge < -0.3 is 24.8 Å². The van der Waals surface area contributed by atoms with Crippen LogP contribution in [0.5, 0.6) is 28.7 Å². The summed E-state index contributed by atoms with van der Waals surface area (Å²) in [6.07, 6.45) is -4.87. The Morgan fingerprint density at radius 2 is 1.51 bits per heavy atom. The third-order valence-corrected chi connectivity index (χ3v) is 7.70. The number of nitro groups is 1. The fourth-order valence-corrected chi connectivity index (χ4v) is 5.33. The van der Waals surface area contributed by atoms with Gasteiger partial charge in [-0.1, -0.05) is 29.8 Å². The summed E-state index contributed by atoms with van der Waals surface area (Å²) in [6.45, 7) is 4.26. The number of carbonyl (C=O) groups excluding carboxylic acids is 1. The lowest BCUT2D eigenvalue weighted by atomic mass is 9.96. The number of halogens is 3. The Hall–Kier alpha value is -6.05. The van der Waals surface area contributed by atoms with Crippen LogP contribution in [-0.4, -0.2) is 33.4 Å². The van der Waals surface area contributed by atoms with E-state index >= 15 is 0 Å². The highest BCUT2D eigenvalue weighted by Gasteiger charge is 2.46. The van der Waals surface area contributed by atoms with Crippen LogP contribution in [0.4, 0.5) is 30.4 Å². The number of nitrogens with one attached hydrogen (secondary N) is 2. The zero-order valence-corrected chi connectivity index (χ0v) is 26.2. The Balaban J connectivity index is 1.14. The monoisotopic (exact) mass is 673 g/mol. The van der Waals surface area contributed by atoms with E-state index < -0.39 is 29.1 Å². The van der Waals surface area contributed by atoms with Crippen LogP contribution in [0.25, 0.3) is 0 Å². The standard InChI is InChI=1S/C35H30F3N5O6/c1-3-47-25-12-14-27(15-13-25)49-29-17-24(43(45)46)16-28(18-29)48-26-10-8-23(9-11-26)39-34(44)31-20-33-40-30(22-6-4-21(2)5-7-22)19-32(35(36,37)38)42(33)41-31/h4-18,20,30,32,40H,3,19H2,1-2H3,(H,39,44)/t30-,32-/m1/s1. The van der Waals surface area contributed by atoms with Gasteiger partial charge in [0.2, 0.25) is 0 Å². The van der Waals surface area contributed by atoms with Crippen molar-refractivity contribution in [3.63, 3.8) is 0 Å². The van der Waals surface area contributed by atoms with Crippen LogP contribution in [-0.2, 0) is 0 Å². The van der Waals surface area contributed by atoms with Crippen LogP contribution in [0, 0.1) is 17.0 Å². The molecule has 252 valence electrons. The molecule has 2 atom stereocenters. The summed E-state index contributed by atoms with van der Waals surface area (Å²) in [5, 5.41) is 21.3. The number of non-ortho nitro benzene ring substituents is 1. The summed E-state index contributed by atoms with van der Waals surface area (Å²) in [6, 6.07) is 22.8. The van der Waals surface area contributed by atoms with Crippen molar-refractivity contribution in [3.05, 3.63) is 124 Å². The van der Waals surface area contributed by atoms with Crippen molar-refractivity contribution >= 4 is 23.1 Å². The second kappa shape index (κ2) is 13.6. The number of anilines is 2. The van der Waals surface area contributed by atoms with E-state index in [9.17, 15) is 28.1 Å². The second-order valence-corrected chi connectivity index (χ2v) is 11.3. The first-order valence-electron chi connectivity index (χ1n) is 15.2. The Morgan fingerprint density at radius 3 is 2.08 bits per heavy atom. The zero-order chi connectivity index (χ0) is 34.7. The van der Waals surface area contributed by atoms with Gasteiger partial charge in [0.15, 0.2) is 11.7 Å². The van der Waals surface area contributed by atoms with Crippen LogP contribution in [0.1, 0.15) is 47.0 Å². The number of carbonyl (C=O) groups is 1. The first-order valence-corrected chi connectivity index (χ1v) is 15.2. The fourth-order valence-electron chi connectivity index (χ4n) is 5.33. The molecule has 2 N–H and O–H groups in total. The molecule has 0 unspecified atom stereocenters. The summed E-state index contributed by atoms with van der Waals surface area (Å²) in [4.78, 5) is 24.1. The van der Waals surface area contributed by atoms with Crippen LogP contribution in [0.3, 0.4) is 0 Å². The maximum atomic E-state index is 14.1. The second-order valence-electron chi connectivity index (χ2n) is 11.3. The van der Waals surface area contributed by atoms with Crippen LogP contribution < -0.4 is 24.8 Å².